The van der Waals surface area contributed by atoms with Gasteiger partial charge in [0.15, 0.2) is 0 Å². The summed E-state index contributed by atoms with van der Waals surface area (Å²) in [6.07, 6.45) is -1.69. The van der Waals surface area contributed by atoms with Gasteiger partial charge in [-0.2, -0.15) is 0 Å². The Bertz CT molecular complexity index is 345. The van der Waals surface area contributed by atoms with Crippen molar-refractivity contribution in [2.24, 2.45) is 0 Å². The molecule has 0 amide bonds. The number of hydrogen-bond donors (Lipinski definition) is 3. The van der Waals surface area contributed by atoms with Crippen molar-refractivity contribution in [1.29, 1.82) is 0 Å². The fourth-order valence-electron chi connectivity index (χ4n) is 1.43. The maximum atomic E-state index is 9.81. The Hall–Kier alpha value is -0.480. The number of aromatic hydroxyl groups is 1. The maximum Gasteiger partial charge on any atom is 0.137 e. The first-order valence-electron chi connectivity index (χ1n) is 4.88. The van der Waals surface area contributed by atoms with E-state index in [9.17, 15) is 15.3 Å². The molecule has 0 saturated carbocycles. The van der Waals surface area contributed by atoms with Crippen molar-refractivity contribution in [2.75, 3.05) is 5.88 Å². The average molecular weight is 265 g/mol. The molecule has 2 atom stereocenters. The second-order valence-electron chi connectivity index (χ2n) is 3.66. The number of benzene rings is 1. The number of hydrogen-bond acceptors (Lipinski definition) is 3. The van der Waals surface area contributed by atoms with E-state index in [0.717, 1.165) is 0 Å². The Morgan fingerprint density at radius 2 is 1.94 bits per heavy atom. The quantitative estimate of drug-likeness (QED) is 0.732. The molecule has 1 aromatic rings. The molecule has 0 aliphatic rings. The molecule has 2 unspecified atom stereocenters. The summed E-state index contributed by atoms with van der Waals surface area (Å²) >= 11 is 11.3. The molecule has 90 valence electrons. The summed E-state index contributed by atoms with van der Waals surface area (Å²) in [6.45, 7) is 1.67. The van der Waals surface area contributed by atoms with Gasteiger partial charge in [-0.15, -0.1) is 11.6 Å². The summed E-state index contributed by atoms with van der Waals surface area (Å²) in [5.74, 6) is 0.257. The Morgan fingerprint density at radius 1 is 1.31 bits per heavy atom. The predicted octanol–water partition coefficient (Wildman–Crippen LogP) is 2.38. The van der Waals surface area contributed by atoms with Gasteiger partial charge in [0.05, 0.1) is 11.1 Å². The fraction of sp³-hybridized carbons (Fsp3) is 0.455. The Balaban J connectivity index is 2.96. The number of phenols is 1. The molecule has 0 radical (unpaired) electrons. The van der Waals surface area contributed by atoms with Gasteiger partial charge < -0.3 is 15.3 Å². The molecular formula is C11H14Cl2O3. The SMILES string of the molecule is Cc1cc(C(O)C(O)CCCl)cc(Cl)c1O. The van der Waals surface area contributed by atoms with Gasteiger partial charge in [0.2, 0.25) is 0 Å². The van der Waals surface area contributed by atoms with Gasteiger partial charge in [0.1, 0.15) is 11.9 Å². The van der Waals surface area contributed by atoms with Gasteiger partial charge in [-0.1, -0.05) is 11.6 Å². The van der Waals surface area contributed by atoms with E-state index in [4.69, 9.17) is 23.2 Å². The first-order chi connectivity index (χ1) is 7.47. The van der Waals surface area contributed by atoms with Gasteiger partial charge >= 0.3 is 0 Å². The van der Waals surface area contributed by atoms with E-state index >= 15 is 0 Å². The smallest absolute Gasteiger partial charge is 0.137 e. The van der Waals surface area contributed by atoms with Crippen molar-refractivity contribution in [1.82, 2.24) is 0 Å². The number of rotatable bonds is 4. The monoisotopic (exact) mass is 264 g/mol. The summed E-state index contributed by atoms with van der Waals surface area (Å²) < 4.78 is 0. The normalized spacial score (nSPS) is 14.8. The molecule has 3 nitrogen and oxygen atoms in total. The maximum absolute atomic E-state index is 9.81. The van der Waals surface area contributed by atoms with E-state index in [2.05, 4.69) is 0 Å². The minimum atomic E-state index is -1.05. The third-order valence-electron chi connectivity index (χ3n) is 2.39. The largest absolute Gasteiger partial charge is 0.506 e. The molecule has 0 saturated heterocycles. The highest BCUT2D eigenvalue weighted by Crippen LogP contribution is 2.31. The number of phenolic OH excluding ortho intramolecular Hbond substituents is 1. The molecule has 0 spiro atoms. The lowest BCUT2D eigenvalue weighted by Gasteiger charge is -2.18. The van der Waals surface area contributed by atoms with E-state index in [1.165, 1.54) is 6.07 Å². The lowest BCUT2D eigenvalue weighted by molar-refractivity contribution is 0.0169. The Labute approximate surface area is 104 Å². The predicted molar refractivity (Wildman–Crippen MR) is 64.2 cm³/mol. The number of aliphatic hydroxyl groups is 2. The summed E-state index contributed by atoms with van der Waals surface area (Å²) in [7, 11) is 0. The average Bonchev–Trinajstić information content (AvgIpc) is 2.24. The molecule has 3 N–H and O–H groups in total. The summed E-state index contributed by atoms with van der Waals surface area (Å²) in [6, 6.07) is 3.02. The van der Waals surface area contributed by atoms with Crippen molar-refractivity contribution in [3.63, 3.8) is 0 Å². The first-order valence-corrected chi connectivity index (χ1v) is 5.79. The van der Waals surface area contributed by atoms with Gasteiger partial charge in [0.25, 0.3) is 0 Å². The van der Waals surface area contributed by atoms with Crippen molar-refractivity contribution >= 4 is 23.2 Å². The molecule has 0 bridgehead atoms. The van der Waals surface area contributed by atoms with Crippen molar-refractivity contribution in [3.05, 3.63) is 28.3 Å². The molecule has 0 aromatic heterocycles. The molecule has 1 rings (SSSR count). The van der Waals surface area contributed by atoms with Crippen LogP contribution in [0.4, 0.5) is 0 Å². The fourth-order valence-corrected chi connectivity index (χ4v) is 1.92. The Kier molecular flexibility index (Phi) is 4.87. The zero-order chi connectivity index (χ0) is 12.3. The van der Waals surface area contributed by atoms with Gasteiger partial charge in [-0.05, 0) is 36.6 Å². The molecular weight excluding hydrogens is 251 g/mol. The van der Waals surface area contributed by atoms with E-state index < -0.39 is 12.2 Å². The van der Waals surface area contributed by atoms with E-state index in [-0.39, 0.29) is 16.7 Å². The van der Waals surface area contributed by atoms with E-state index in [1.807, 2.05) is 0 Å². The molecule has 0 heterocycles. The Morgan fingerprint density at radius 3 is 2.44 bits per heavy atom. The zero-order valence-corrected chi connectivity index (χ0v) is 10.3. The second-order valence-corrected chi connectivity index (χ2v) is 4.44. The molecule has 16 heavy (non-hydrogen) atoms. The van der Waals surface area contributed by atoms with Crippen molar-refractivity contribution in [2.45, 2.75) is 25.6 Å². The van der Waals surface area contributed by atoms with Crippen LogP contribution >= 0.6 is 23.2 Å². The standard InChI is InChI=1S/C11H14Cl2O3/c1-6-4-7(5-8(13)10(6)15)11(16)9(14)2-3-12/h4-5,9,11,14-16H,2-3H2,1H3. The summed E-state index contributed by atoms with van der Waals surface area (Å²) in [5, 5.41) is 29.0. The van der Waals surface area contributed by atoms with Crippen LogP contribution in [0.5, 0.6) is 5.75 Å². The van der Waals surface area contributed by atoms with Crippen LogP contribution in [-0.2, 0) is 0 Å². The molecule has 1 aromatic carbocycles. The first kappa shape index (κ1) is 13.6. The van der Waals surface area contributed by atoms with Crippen molar-refractivity contribution < 1.29 is 15.3 Å². The van der Waals surface area contributed by atoms with Gasteiger partial charge in [-0.3, -0.25) is 0 Å². The van der Waals surface area contributed by atoms with Crippen LogP contribution in [0.3, 0.4) is 0 Å². The van der Waals surface area contributed by atoms with Crippen LogP contribution in [0.25, 0.3) is 0 Å². The molecule has 0 aliphatic carbocycles. The van der Waals surface area contributed by atoms with E-state index in [1.54, 1.807) is 13.0 Å². The lowest BCUT2D eigenvalue weighted by atomic mass is 10.0. The molecule has 0 fully saturated rings. The van der Waals surface area contributed by atoms with Crippen LogP contribution in [0, 0.1) is 6.92 Å². The minimum Gasteiger partial charge on any atom is -0.506 e. The molecule has 0 aliphatic heterocycles. The highest BCUT2D eigenvalue weighted by Gasteiger charge is 2.19. The number of aliphatic hydroxyl groups excluding tert-OH is 2. The van der Waals surface area contributed by atoms with Crippen LogP contribution in [0.15, 0.2) is 12.1 Å². The number of alkyl halides is 1. The van der Waals surface area contributed by atoms with Gasteiger partial charge in [0, 0.05) is 5.88 Å². The second kappa shape index (κ2) is 5.73. The summed E-state index contributed by atoms with van der Waals surface area (Å²) in [4.78, 5) is 0. The van der Waals surface area contributed by atoms with Crippen molar-refractivity contribution in [3.8, 4) is 5.75 Å². The number of aryl methyl sites for hydroxylation is 1. The van der Waals surface area contributed by atoms with E-state index in [0.29, 0.717) is 17.5 Å². The van der Waals surface area contributed by atoms with Crippen LogP contribution in [-0.4, -0.2) is 27.3 Å². The van der Waals surface area contributed by atoms with Crippen LogP contribution in [0.2, 0.25) is 5.02 Å². The number of halogens is 2. The third-order valence-corrected chi connectivity index (χ3v) is 2.89. The van der Waals surface area contributed by atoms with Crippen LogP contribution < -0.4 is 0 Å². The zero-order valence-electron chi connectivity index (χ0n) is 8.82. The minimum absolute atomic E-state index is 0.00977. The van der Waals surface area contributed by atoms with Crippen LogP contribution in [0.1, 0.15) is 23.7 Å². The molecule has 5 heteroatoms. The van der Waals surface area contributed by atoms with Gasteiger partial charge in [-0.25, -0.2) is 0 Å². The highest BCUT2D eigenvalue weighted by molar-refractivity contribution is 6.32. The third kappa shape index (κ3) is 3.01. The lowest BCUT2D eigenvalue weighted by Crippen LogP contribution is -2.18. The summed E-state index contributed by atoms with van der Waals surface area (Å²) in [5.41, 5.74) is 1.03. The topological polar surface area (TPSA) is 60.7 Å². The highest BCUT2D eigenvalue weighted by atomic mass is 35.5.